The topological polar surface area (TPSA) is 209 Å². The predicted octanol–water partition coefficient (Wildman–Crippen LogP) is 2.38. The van der Waals surface area contributed by atoms with Gasteiger partial charge in [0.15, 0.2) is 5.78 Å². The quantitative estimate of drug-likeness (QED) is 0.0600. The molecule has 0 bridgehead atoms. The number of rotatable bonds is 15. The van der Waals surface area contributed by atoms with Crippen LogP contribution in [-0.2, 0) is 9.53 Å². The number of hydrogen-bond acceptors (Lipinski definition) is 7. The lowest BCUT2D eigenvalue weighted by Crippen LogP contribution is -2.29. The van der Waals surface area contributed by atoms with Crippen molar-refractivity contribution in [3.8, 4) is 0 Å². The highest BCUT2D eigenvalue weighted by atomic mass is 16.5. The second-order valence-corrected chi connectivity index (χ2v) is 8.17. The summed E-state index contributed by atoms with van der Waals surface area (Å²) in [5.41, 5.74) is 26.6. The van der Waals surface area contributed by atoms with Gasteiger partial charge in [-0.3, -0.25) is 15.0 Å². The van der Waals surface area contributed by atoms with Crippen molar-refractivity contribution in [2.45, 2.75) is 72.1 Å². The normalized spacial score (nSPS) is 11.5. The van der Waals surface area contributed by atoms with Crippen molar-refractivity contribution in [2.75, 3.05) is 6.61 Å². The van der Waals surface area contributed by atoms with Crippen molar-refractivity contribution in [3.05, 3.63) is 29.3 Å². The largest absolute Gasteiger partial charge is 0.466 e. The Morgan fingerprint density at radius 1 is 0.833 bits per heavy atom. The highest BCUT2D eigenvalue weighted by Gasteiger charge is 2.09. The molecule has 198 valence electrons. The lowest BCUT2D eigenvalue weighted by molar-refractivity contribution is -0.143. The average molecular weight is 502 g/mol. The van der Waals surface area contributed by atoms with Gasteiger partial charge in [0, 0.05) is 24.0 Å². The van der Waals surface area contributed by atoms with Crippen LogP contribution in [0.2, 0.25) is 0 Å². The molecular weight excluding hydrogens is 462 g/mol. The number of unbranched alkanes of at least 4 members (excludes halogenated alkanes) is 5. The van der Waals surface area contributed by atoms with Crippen LogP contribution in [0, 0.1) is 0 Å². The SMILES string of the molecule is CCOC(=O)CCCCCCCCC(=Nc1cc(C(C)=O)cc(C(C)=NN=C(N)N)c1)NN=C(N)N. The first kappa shape index (κ1) is 30.1. The standard InChI is InChI=1S/C24H39N9O3/c1-4-36-22(35)12-10-8-6-5-7-9-11-21(31-33-24(27)28)29-20-14-18(13-19(15-20)17(3)34)16(2)30-32-23(25)26/h13-15H,4-12H2,1-3H3,(H,29,31)(H4,25,26,32)(H4,27,28,33). The maximum atomic E-state index is 12.1. The molecule has 0 amide bonds. The first-order valence-corrected chi connectivity index (χ1v) is 12.0. The van der Waals surface area contributed by atoms with Crippen LogP contribution in [0.1, 0.15) is 88.1 Å². The summed E-state index contributed by atoms with van der Waals surface area (Å²) in [6, 6.07) is 5.15. The fourth-order valence-electron chi connectivity index (χ4n) is 3.20. The van der Waals surface area contributed by atoms with Crippen LogP contribution in [0.25, 0.3) is 0 Å². The molecule has 0 aliphatic heterocycles. The number of nitrogens with zero attached hydrogens (tertiary/aromatic N) is 4. The van der Waals surface area contributed by atoms with Crippen molar-refractivity contribution in [3.63, 3.8) is 0 Å². The first-order chi connectivity index (χ1) is 17.1. The van der Waals surface area contributed by atoms with Crippen molar-refractivity contribution in [1.29, 1.82) is 0 Å². The molecule has 36 heavy (non-hydrogen) atoms. The van der Waals surface area contributed by atoms with E-state index >= 15 is 0 Å². The molecule has 0 fully saturated rings. The molecule has 1 aromatic rings. The smallest absolute Gasteiger partial charge is 0.305 e. The van der Waals surface area contributed by atoms with Gasteiger partial charge < -0.3 is 27.7 Å². The van der Waals surface area contributed by atoms with E-state index in [0.29, 0.717) is 47.8 Å². The van der Waals surface area contributed by atoms with E-state index < -0.39 is 0 Å². The van der Waals surface area contributed by atoms with Crippen molar-refractivity contribution in [2.24, 2.45) is 43.2 Å². The minimum Gasteiger partial charge on any atom is -0.466 e. The number of esters is 1. The summed E-state index contributed by atoms with van der Waals surface area (Å²) in [5, 5.41) is 11.5. The van der Waals surface area contributed by atoms with E-state index in [0.717, 1.165) is 38.5 Å². The molecule has 0 saturated carbocycles. The molecule has 0 spiro atoms. The molecule has 1 rings (SSSR count). The zero-order valence-electron chi connectivity index (χ0n) is 21.4. The first-order valence-electron chi connectivity index (χ1n) is 12.0. The van der Waals surface area contributed by atoms with Crippen molar-refractivity contribution < 1.29 is 14.3 Å². The lowest BCUT2D eigenvalue weighted by atomic mass is 10.0. The summed E-state index contributed by atoms with van der Waals surface area (Å²) in [6.07, 6.45) is 6.77. The predicted molar refractivity (Wildman–Crippen MR) is 144 cm³/mol. The molecule has 1 aromatic carbocycles. The molecule has 0 atom stereocenters. The Hall–Kier alpha value is -3.96. The number of benzene rings is 1. The van der Waals surface area contributed by atoms with Gasteiger partial charge in [-0.15, -0.1) is 10.2 Å². The fourth-order valence-corrected chi connectivity index (χ4v) is 3.20. The number of nitrogens with two attached hydrogens (primary N) is 4. The van der Waals surface area contributed by atoms with Gasteiger partial charge in [0.05, 0.1) is 18.0 Å². The van der Waals surface area contributed by atoms with Gasteiger partial charge in [-0.1, -0.05) is 25.7 Å². The number of nitrogens with one attached hydrogen (secondary N) is 1. The molecule has 0 heterocycles. The summed E-state index contributed by atoms with van der Waals surface area (Å²) in [5.74, 6) is 0.000366. The van der Waals surface area contributed by atoms with Gasteiger partial charge in [0.25, 0.3) is 0 Å². The number of amidine groups is 1. The van der Waals surface area contributed by atoms with Crippen LogP contribution in [0.5, 0.6) is 0 Å². The summed E-state index contributed by atoms with van der Waals surface area (Å²) in [4.78, 5) is 28.1. The summed E-state index contributed by atoms with van der Waals surface area (Å²) in [7, 11) is 0. The number of carbonyl (C=O) groups is 2. The Labute approximate surface area is 212 Å². The van der Waals surface area contributed by atoms with Crippen LogP contribution in [0.15, 0.2) is 38.5 Å². The number of ketones is 1. The third-order valence-electron chi connectivity index (χ3n) is 4.99. The van der Waals surface area contributed by atoms with Gasteiger partial charge in [-0.25, -0.2) is 4.99 Å². The Kier molecular flexibility index (Phi) is 13.9. The fraction of sp³-hybridized carbons (Fsp3) is 0.500. The lowest BCUT2D eigenvalue weighted by Gasteiger charge is -2.09. The van der Waals surface area contributed by atoms with Crippen LogP contribution in [0.4, 0.5) is 5.69 Å². The van der Waals surface area contributed by atoms with E-state index in [2.05, 4.69) is 25.7 Å². The number of Topliss-reactive ketones (excluding diaryl/α,β-unsaturated/α-hetero) is 1. The number of hydrogen-bond donors (Lipinski definition) is 5. The van der Waals surface area contributed by atoms with Crippen molar-refractivity contribution in [1.82, 2.24) is 5.43 Å². The number of ether oxygens (including phenoxy) is 1. The van der Waals surface area contributed by atoms with Crippen LogP contribution >= 0.6 is 0 Å². The number of carbonyl (C=O) groups excluding carboxylic acids is 2. The summed E-state index contributed by atoms with van der Waals surface area (Å²) < 4.78 is 4.94. The van der Waals surface area contributed by atoms with E-state index in [9.17, 15) is 9.59 Å². The van der Waals surface area contributed by atoms with Crippen LogP contribution < -0.4 is 28.4 Å². The zero-order chi connectivity index (χ0) is 26.9. The highest BCUT2D eigenvalue weighted by Crippen LogP contribution is 2.21. The summed E-state index contributed by atoms with van der Waals surface area (Å²) in [6.45, 7) is 5.42. The Morgan fingerprint density at radius 2 is 1.44 bits per heavy atom. The second-order valence-electron chi connectivity index (χ2n) is 8.17. The van der Waals surface area contributed by atoms with Crippen LogP contribution in [0.3, 0.4) is 0 Å². The van der Waals surface area contributed by atoms with Gasteiger partial charge in [0.1, 0.15) is 5.84 Å². The van der Waals surface area contributed by atoms with E-state index in [1.165, 1.54) is 6.92 Å². The van der Waals surface area contributed by atoms with E-state index in [1.54, 1.807) is 32.0 Å². The number of aliphatic imine (C=N–C) groups is 1. The third kappa shape index (κ3) is 13.1. The van der Waals surface area contributed by atoms with E-state index in [1.807, 2.05) is 0 Å². The van der Waals surface area contributed by atoms with Gasteiger partial charge >= 0.3 is 5.97 Å². The highest BCUT2D eigenvalue weighted by molar-refractivity contribution is 6.03. The Morgan fingerprint density at radius 3 is 2.03 bits per heavy atom. The maximum Gasteiger partial charge on any atom is 0.305 e. The average Bonchev–Trinajstić information content (AvgIpc) is 2.82. The van der Waals surface area contributed by atoms with E-state index in [4.69, 9.17) is 27.7 Å². The molecule has 0 aliphatic rings. The molecule has 12 nitrogen and oxygen atoms in total. The molecule has 9 N–H and O–H groups in total. The van der Waals surface area contributed by atoms with E-state index in [-0.39, 0.29) is 23.7 Å². The Balaban J connectivity index is 2.88. The third-order valence-corrected chi connectivity index (χ3v) is 4.99. The zero-order valence-corrected chi connectivity index (χ0v) is 21.4. The van der Waals surface area contributed by atoms with Crippen molar-refractivity contribution >= 4 is 40.9 Å². The van der Waals surface area contributed by atoms with Gasteiger partial charge in [-0.2, -0.15) is 5.10 Å². The molecular formula is C24H39N9O3. The van der Waals surface area contributed by atoms with Gasteiger partial charge in [-0.05, 0) is 51.8 Å². The minimum absolute atomic E-state index is 0.121. The second kappa shape index (κ2) is 16.6. The number of hydrazone groups is 1. The summed E-state index contributed by atoms with van der Waals surface area (Å²) >= 11 is 0. The monoisotopic (exact) mass is 501 g/mol. The van der Waals surface area contributed by atoms with Gasteiger partial charge in [0.2, 0.25) is 11.9 Å². The molecule has 0 saturated heterocycles. The maximum absolute atomic E-state index is 12.1. The minimum atomic E-state index is -0.168. The molecule has 12 heteroatoms. The Bertz CT molecular complexity index is 993. The molecule has 0 radical (unpaired) electrons. The molecule has 0 unspecified atom stereocenters. The van der Waals surface area contributed by atoms with Crippen LogP contribution in [-0.4, -0.2) is 41.8 Å². The molecule has 0 aromatic heterocycles. The number of guanidine groups is 2. The molecule has 0 aliphatic carbocycles.